The highest BCUT2D eigenvalue weighted by atomic mass is 16.7. The lowest BCUT2D eigenvalue weighted by Crippen LogP contribution is -2.78. The number of nitrogens with zero attached hydrogens (tertiary/aromatic N) is 1. The Labute approximate surface area is 228 Å². The molecule has 7 bridgehead atoms. The van der Waals surface area contributed by atoms with Crippen molar-refractivity contribution in [1.29, 1.82) is 0 Å². The summed E-state index contributed by atoms with van der Waals surface area (Å²) in [7, 11) is 0.899. The summed E-state index contributed by atoms with van der Waals surface area (Å²) in [5.41, 5.74) is -11.8. The molecule has 10 nitrogen and oxygen atoms in total. The van der Waals surface area contributed by atoms with Crippen LogP contribution in [0.2, 0.25) is 6.32 Å². The quantitative estimate of drug-likeness (QED) is 0.327. The highest BCUT2D eigenvalue weighted by molar-refractivity contribution is 6.45. The number of esters is 1. The van der Waals surface area contributed by atoms with Crippen molar-refractivity contribution in [1.82, 2.24) is 4.57 Å². The number of ether oxygens (including phenoxy) is 2. The van der Waals surface area contributed by atoms with E-state index in [4.69, 9.17) is 18.8 Å². The van der Waals surface area contributed by atoms with Crippen LogP contribution in [0.5, 0.6) is 0 Å². The smallest absolute Gasteiger partial charge is 0.451 e. The van der Waals surface area contributed by atoms with Gasteiger partial charge in [0.05, 0.1) is 17.1 Å². The summed E-state index contributed by atoms with van der Waals surface area (Å²) < 4.78 is 28.2. The molecule has 8 rings (SSSR count). The fourth-order valence-corrected chi connectivity index (χ4v) is 10.9. The molecule has 0 amide bonds. The molecule has 4 heterocycles. The van der Waals surface area contributed by atoms with Gasteiger partial charge in [-0.05, 0) is 50.1 Å². The fourth-order valence-electron chi connectivity index (χ4n) is 10.9. The standard InChI is InChI=1S/C28H40BNO9/c1-8-29-38-23-12-11-16(4)18(31)26(23)28(35)22(6)24(33,37-26)14-21(23,5)27(28,39-29)20(25(22,34)15(2)3)36-19(32)17-10-9-13-30(17)7/h9-10,13,15-16,18,20,31,33-35H,8,11-12,14H2,1-7H3/t16-,18+,20+,21-,22+,23-,24-,25+,26+,27+,28-/m0/s1. The summed E-state index contributed by atoms with van der Waals surface area (Å²) in [5, 5.41) is 51.0. The number of aromatic nitrogens is 1. The zero-order valence-corrected chi connectivity index (χ0v) is 23.7. The fraction of sp³-hybridized carbons (Fsp3) is 0.821. The van der Waals surface area contributed by atoms with Crippen molar-refractivity contribution < 1.29 is 44.0 Å². The summed E-state index contributed by atoms with van der Waals surface area (Å²) in [5.74, 6) is -3.68. The summed E-state index contributed by atoms with van der Waals surface area (Å²) in [4.78, 5) is 13.8. The van der Waals surface area contributed by atoms with Crippen LogP contribution in [0.1, 0.15) is 71.3 Å². The van der Waals surface area contributed by atoms with E-state index in [1.54, 1.807) is 50.7 Å². The third-order valence-corrected chi connectivity index (χ3v) is 12.5. The average molecular weight is 545 g/mol. The van der Waals surface area contributed by atoms with Crippen molar-refractivity contribution in [2.24, 2.45) is 29.7 Å². The van der Waals surface area contributed by atoms with E-state index in [9.17, 15) is 25.2 Å². The van der Waals surface area contributed by atoms with Gasteiger partial charge in [0.25, 0.3) is 0 Å². The second kappa shape index (κ2) is 6.94. The van der Waals surface area contributed by atoms with Gasteiger partial charge >= 0.3 is 13.1 Å². The normalized spacial score (nSPS) is 56.4. The number of hydrogen-bond donors (Lipinski definition) is 4. The maximum Gasteiger partial charge on any atom is 0.457 e. The number of carbonyl (C=O) groups excluding carboxylic acids is 1. The van der Waals surface area contributed by atoms with Crippen LogP contribution in [0.4, 0.5) is 0 Å². The van der Waals surface area contributed by atoms with Crippen LogP contribution < -0.4 is 0 Å². The van der Waals surface area contributed by atoms with Gasteiger partial charge in [-0.15, -0.1) is 0 Å². The van der Waals surface area contributed by atoms with E-state index < -0.39 is 75.8 Å². The van der Waals surface area contributed by atoms with Crippen LogP contribution in [0.15, 0.2) is 18.3 Å². The SMILES string of the molecule is CCB1O[C@]23CC[C@H](C)[C@@H](O)[C@@]24O[C@@]2(O)C[C@]3(C)[C@]3(O1)[C@H](OC(=O)c1cccn1C)[C@](O)(C(C)C)[C@]2(C)[C@@]34O. The third kappa shape index (κ3) is 2.03. The van der Waals surface area contributed by atoms with Crippen molar-refractivity contribution in [3.63, 3.8) is 0 Å². The summed E-state index contributed by atoms with van der Waals surface area (Å²) in [6, 6.07) is 3.35. The molecular formula is C28H40BNO9. The van der Waals surface area contributed by atoms with Gasteiger partial charge in [0.1, 0.15) is 22.5 Å². The highest BCUT2D eigenvalue weighted by Crippen LogP contribution is 2.92. The van der Waals surface area contributed by atoms with Gasteiger partial charge < -0.3 is 43.8 Å². The molecule has 4 aliphatic carbocycles. The van der Waals surface area contributed by atoms with Gasteiger partial charge in [-0.3, -0.25) is 0 Å². The van der Waals surface area contributed by atoms with Crippen molar-refractivity contribution in [3.8, 4) is 0 Å². The lowest BCUT2D eigenvalue weighted by Gasteiger charge is -2.66. The van der Waals surface area contributed by atoms with Crippen LogP contribution in [-0.4, -0.2) is 84.1 Å². The molecule has 0 radical (unpaired) electrons. The molecule has 0 aromatic carbocycles. The van der Waals surface area contributed by atoms with Gasteiger partial charge in [-0.25, -0.2) is 4.79 Å². The van der Waals surface area contributed by atoms with Gasteiger partial charge in [0, 0.05) is 25.1 Å². The first kappa shape index (κ1) is 26.4. The average Bonchev–Trinajstić information content (AvgIpc) is 3.38. The molecule has 4 N–H and O–H groups in total. The maximum atomic E-state index is 13.8. The first-order valence-electron chi connectivity index (χ1n) is 14.3. The van der Waals surface area contributed by atoms with E-state index in [0.29, 0.717) is 19.2 Å². The second-order valence-corrected chi connectivity index (χ2v) is 13.8. The number of aliphatic hydroxyl groups excluding tert-OH is 1. The minimum atomic E-state index is -2.19. The topological polar surface area (TPSA) is 140 Å². The van der Waals surface area contributed by atoms with Crippen LogP contribution in [0, 0.1) is 22.7 Å². The van der Waals surface area contributed by atoms with E-state index in [-0.39, 0.29) is 18.0 Å². The molecule has 11 atom stereocenters. The van der Waals surface area contributed by atoms with Gasteiger partial charge in [-0.2, -0.15) is 0 Å². The lowest BCUT2D eigenvalue weighted by molar-refractivity contribution is -0.394. The molecule has 0 unspecified atom stereocenters. The third-order valence-electron chi connectivity index (χ3n) is 12.5. The molecular weight excluding hydrogens is 505 g/mol. The number of carbonyl (C=O) groups is 1. The molecule has 3 spiro atoms. The Hall–Kier alpha value is -1.47. The van der Waals surface area contributed by atoms with Gasteiger partial charge in [0.2, 0.25) is 0 Å². The zero-order chi connectivity index (χ0) is 28.4. The molecule has 1 aromatic rings. The Morgan fingerprint density at radius 3 is 2.51 bits per heavy atom. The summed E-state index contributed by atoms with van der Waals surface area (Å²) in [6.45, 7) is 10.8. The van der Waals surface area contributed by atoms with Gasteiger partial charge in [-0.1, -0.05) is 34.6 Å². The Morgan fingerprint density at radius 2 is 1.92 bits per heavy atom. The number of aryl methyl sites for hydroxylation is 1. The molecule has 39 heavy (non-hydrogen) atoms. The molecule has 4 saturated carbocycles. The monoisotopic (exact) mass is 545 g/mol. The first-order chi connectivity index (χ1) is 18.1. The van der Waals surface area contributed by atoms with E-state index in [2.05, 4.69) is 0 Å². The van der Waals surface area contributed by atoms with Gasteiger partial charge in [0.15, 0.2) is 17.5 Å². The van der Waals surface area contributed by atoms with E-state index in [1.165, 1.54) is 0 Å². The molecule has 7 fully saturated rings. The summed E-state index contributed by atoms with van der Waals surface area (Å²) >= 11 is 0. The molecule has 11 heteroatoms. The predicted octanol–water partition coefficient (Wildman–Crippen LogP) is 1.39. The van der Waals surface area contributed by atoms with E-state index in [0.717, 1.165) is 0 Å². The zero-order valence-electron chi connectivity index (χ0n) is 23.7. The second-order valence-electron chi connectivity index (χ2n) is 13.8. The Morgan fingerprint density at radius 1 is 1.23 bits per heavy atom. The number of hydrogen-bond acceptors (Lipinski definition) is 9. The molecule has 1 aromatic heterocycles. The van der Waals surface area contributed by atoms with Crippen molar-refractivity contribution in [3.05, 3.63) is 24.0 Å². The largest absolute Gasteiger partial charge is 0.457 e. The van der Waals surface area contributed by atoms with E-state index in [1.807, 2.05) is 20.8 Å². The predicted molar refractivity (Wildman–Crippen MR) is 137 cm³/mol. The molecule has 3 aliphatic heterocycles. The molecule has 214 valence electrons. The molecule has 3 saturated heterocycles. The molecule has 7 aliphatic rings. The number of rotatable bonds is 4. The van der Waals surface area contributed by atoms with Crippen molar-refractivity contribution >= 4 is 13.1 Å². The van der Waals surface area contributed by atoms with Crippen LogP contribution in [0.3, 0.4) is 0 Å². The van der Waals surface area contributed by atoms with Crippen molar-refractivity contribution in [2.75, 3.05) is 0 Å². The summed E-state index contributed by atoms with van der Waals surface area (Å²) in [6.07, 6.45) is 0.482. The lowest BCUT2D eigenvalue weighted by atomic mass is 9.51. The van der Waals surface area contributed by atoms with Crippen LogP contribution in [0.25, 0.3) is 0 Å². The Kier molecular flexibility index (Phi) is 4.70. The Bertz CT molecular complexity index is 1290. The van der Waals surface area contributed by atoms with Crippen LogP contribution in [-0.2, 0) is 25.8 Å². The van der Waals surface area contributed by atoms with Crippen LogP contribution >= 0.6 is 0 Å². The van der Waals surface area contributed by atoms with E-state index >= 15 is 0 Å². The maximum absolute atomic E-state index is 13.8. The van der Waals surface area contributed by atoms with Crippen molar-refractivity contribution in [2.45, 2.75) is 113 Å². The highest BCUT2D eigenvalue weighted by Gasteiger charge is 3.11. The minimum absolute atomic E-state index is 0.0364. The number of aliphatic hydroxyl groups is 4. The Balaban J connectivity index is 1.59. The first-order valence-corrected chi connectivity index (χ1v) is 14.3. The minimum Gasteiger partial charge on any atom is -0.451 e.